The van der Waals surface area contributed by atoms with Crippen molar-refractivity contribution in [2.75, 3.05) is 24.4 Å². The van der Waals surface area contributed by atoms with Crippen molar-refractivity contribution in [1.82, 2.24) is 4.98 Å². The highest BCUT2D eigenvalue weighted by Crippen LogP contribution is 2.14. The lowest BCUT2D eigenvalue weighted by atomic mass is 10.2. The van der Waals surface area contributed by atoms with Gasteiger partial charge in [-0.3, -0.25) is 0 Å². The van der Waals surface area contributed by atoms with Gasteiger partial charge in [-0.05, 0) is 31.4 Å². The maximum atomic E-state index is 5.63. The van der Waals surface area contributed by atoms with Crippen molar-refractivity contribution in [3.05, 3.63) is 23.9 Å². The van der Waals surface area contributed by atoms with Crippen molar-refractivity contribution in [2.45, 2.75) is 26.2 Å². The molecule has 0 saturated heterocycles. The molecule has 1 rings (SSSR count). The molecule has 0 radical (unpaired) electrons. The van der Waals surface area contributed by atoms with E-state index in [0.29, 0.717) is 0 Å². The lowest BCUT2D eigenvalue weighted by molar-refractivity contribution is 0.703. The van der Waals surface area contributed by atoms with E-state index in [-0.39, 0.29) is 0 Å². The molecule has 0 aliphatic rings. The zero-order chi connectivity index (χ0) is 11.1. The van der Waals surface area contributed by atoms with Crippen LogP contribution in [0.15, 0.2) is 18.3 Å². The van der Waals surface area contributed by atoms with Crippen molar-refractivity contribution >= 4 is 17.4 Å². The minimum absolute atomic E-state index is 0.770. The highest BCUT2D eigenvalue weighted by atomic mass is 35.5. The Kier molecular flexibility index (Phi) is 5.48. The number of rotatable bonds is 6. The van der Waals surface area contributed by atoms with Gasteiger partial charge in [-0.1, -0.05) is 12.5 Å². The predicted molar refractivity (Wildman–Crippen MR) is 66.8 cm³/mol. The fraction of sp³-hybridized carbons (Fsp3) is 0.583. The van der Waals surface area contributed by atoms with Crippen molar-refractivity contribution in [2.24, 2.45) is 0 Å². The number of unbranched alkanes of at least 4 members (excludes halogenated alkanes) is 2. The van der Waals surface area contributed by atoms with Crippen molar-refractivity contribution < 1.29 is 0 Å². The average molecular weight is 227 g/mol. The van der Waals surface area contributed by atoms with E-state index >= 15 is 0 Å². The van der Waals surface area contributed by atoms with E-state index in [1.807, 2.05) is 12.3 Å². The summed E-state index contributed by atoms with van der Waals surface area (Å²) in [5, 5.41) is 0. The maximum Gasteiger partial charge on any atom is 0.131 e. The Morgan fingerprint density at radius 3 is 2.80 bits per heavy atom. The highest BCUT2D eigenvalue weighted by molar-refractivity contribution is 6.17. The highest BCUT2D eigenvalue weighted by Gasteiger charge is 2.04. The third-order valence-electron chi connectivity index (χ3n) is 2.47. The normalized spacial score (nSPS) is 10.3. The monoisotopic (exact) mass is 226 g/mol. The third kappa shape index (κ3) is 4.08. The Bertz CT molecular complexity index is 289. The van der Waals surface area contributed by atoms with Crippen molar-refractivity contribution in [3.63, 3.8) is 0 Å². The van der Waals surface area contributed by atoms with E-state index in [0.717, 1.165) is 24.7 Å². The summed E-state index contributed by atoms with van der Waals surface area (Å²) in [5.74, 6) is 1.86. The Morgan fingerprint density at radius 2 is 2.13 bits per heavy atom. The number of alkyl halides is 1. The summed E-state index contributed by atoms with van der Waals surface area (Å²) in [6.45, 7) is 3.15. The van der Waals surface area contributed by atoms with Gasteiger partial charge in [0.25, 0.3) is 0 Å². The molecule has 15 heavy (non-hydrogen) atoms. The smallest absolute Gasteiger partial charge is 0.131 e. The van der Waals surface area contributed by atoms with E-state index < -0.39 is 0 Å². The first-order valence-corrected chi connectivity index (χ1v) is 5.98. The lowest BCUT2D eigenvalue weighted by Crippen LogP contribution is -2.20. The molecule has 0 bridgehead atoms. The second kappa shape index (κ2) is 6.67. The van der Waals surface area contributed by atoms with Crippen LogP contribution in [-0.2, 0) is 0 Å². The predicted octanol–water partition coefficient (Wildman–Crippen LogP) is 3.24. The van der Waals surface area contributed by atoms with Crippen molar-refractivity contribution in [3.8, 4) is 0 Å². The summed E-state index contributed by atoms with van der Waals surface area (Å²) >= 11 is 5.63. The van der Waals surface area contributed by atoms with E-state index in [2.05, 4.69) is 29.9 Å². The van der Waals surface area contributed by atoms with Crippen LogP contribution in [0.3, 0.4) is 0 Å². The van der Waals surface area contributed by atoms with E-state index in [1.54, 1.807) is 0 Å². The van der Waals surface area contributed by atoms with Crippen LogP contribution in [0, 0.1) is 6.92 Å². The molecular weight excluding hydrogens is 208 g/mol. The Hall–Kier alpha value is -0.760. The standard InChI is InChI=1S/C12H19ClN2/c1-11-7-6-9-14-12(11)15(2)10-5-3-4-8-13/h6-7,9H,3-5,8,10H2,1-2H3. The second-order valence-electron chi connectivity index (χ2n) is 3.82. The van der Waals surface area contributed by atoms with Gasteiger partial charge >= 0.3 is 0 Å². The number of aryl methyl sites for hydroxylation is 1. The van der Waals surface area contributed by atoms with Crippen LogP contribution in [0.25, 0.3) is 0 Å². The minimum Gasteiger partial charge on any atom is -0.359 e. The fourth-order valence-corrected chi connectivity index (χ4v) is 1.79. The van der Waals surface area contributed by atoms with Gasteiger partial charge in [0, 0.05) is 25.7 Å². The molecule has 0 aliphatic heterocycles. The Balaban J connectivity index is 2.40. The molecular formula is C12H19ClN2. The number of nitrogens with zero attached hydrogens (tertiary/aromatic N) is 2. The number of hydrogen-bond donors (Lipinski definition) is 0. The SMILES string of the molecule is Cc1cccnc1N(C)CCCCCCl. The summed E-state index contributed by atoms with van der Waals surface area (Å²) in [6.07, 6.45) is 5.33. The summed E-state index contributed by atoms with van der Waals surface area (Å²) in [7, 11) is 2.09. The maximum absolute atomic E-state index is 5.63. The number of aromatic nitrogens is 1. The van der Waals surface area contributed by atoms with Crippen LogP contribution < -0.4 is 4.90 Å². The van der Waals surface area contributed by atoms with Gasteiger partial charge in [0.2, 0.25) is 0 Å². The molecule has 1 aromatic rings. The largest absolute Gasteiger partial charge is 0.359 e. The van der Waals surface area contributed by atoms with Gasteiger partial charge in [0.05, 0.1) is 0 Å². The summed E-state index contributed by atoms with van der Waals surface area (Å²) < 4.78 is 0. The minimum atomic E-state index is 0.770. The average Bonchev–Trinajstić information content (AvgIpc) is 2.25. The van der Waals surface area contributed by atoms with Crippen LogP contribution in [0.5, 0.6) is 0 Å². The van der Waals surface area contributed by atoms with Gasteiger partial charge in [-0.25, -0.2) is 4.98 Å². The van der Waals surface area contributed by atoms with Crippen LogP contribution in [0.1, 0.15) is 24.8 Å². The van der Waals surface area contributed by atoms with Gasteiger partial charge in [0.15, 0.2) is 0 Å². The first-order valence-electron chi connectivity index (χ1n) is 5.44. The van der Waals surface area contributed by atoms with E-state index in [1.165, 1.54) is 18.4 Å². The molecule has 0 aliphatic carbocycles. The topological polar surface area (TPSA) is 16.1 Å². The fourth-order valence-electron chi connectivity index (χ4n) is 1.60. The van der Waals surface area contributed by atoms with Gasteiger partial charge in [0.1, 0.15) is 5.82 Å². The molecule has 84 valence electrons. The molecule has 0 amide bonds. The number of pyridine rings is 1. The molecule has 1 heterocycles. The summed E-state index contributed by atoms with van der Waals surface area (Å²) in [5.41, 5.74) is 1.23. The van der Waals surface area contributed by atoms with Crippen LogP contribution in [0.4, 0.5) is 5.82 Å². The molecule has 0 N–H and O–H groups in total. The molecule has 0 atom stereocenters. The summed E-state index contributed by atoms with van der Waals surface area (Å²) in [4.78, 5) is 6.59. The first kappa shape index (κ1) is 12.3. The molecule has 0 unspecified atom stereocenters. The van der Waals surface area contributed by atoms with E-state index in [4.69, 9.17) is 11.6 Å². The van der Waals surface area contributed by atoms with Gasteiger partial charge in [-0.15, -0.1) is 11.6 Å². The molecule has 0 spiro atoms. The Labute approximate surface area is 97.3 Å². The van der Waals surface area contributed by atoms with E-state index in [9.17, 15) is 0 Å². The molecule has 2 nitrogen and oxygen atoms in total. The number of halogens is 1. The molecule has 1 aromatic heterocycles. The summed E-state index contributed by atoms with van der Waals surface area (Å²) in [6, 6.07) is 4.07. The molecule has 0 aromatic carbocycles. The number of hydrogen-bond acceptors (Lipinski definition) is 2. The zero-order valence-corrected chi connectivity index (χ0v) is 10.3. The first-order chi connectivity index (χ1) is 7.25. The van der Waals surface area contributed by atoms with Crippen LogP contribution in [-0.4, -0.2) is 24.5 Å². The van der Waals surface area contributed by atoms with Crippen LogP contribution in [0.2, 0.25) is 0 Å². The third-order valence-corrected chi connectivity index (χ3v) is 2.74. The Morgan fingerprint density at radius 1 is 1.33 bits per heavy atom. The second-order valence-corrected chi connectivity index (χ2v) is 4.19. The lowest BCUT2D eigenvalue weighted by Gasteiger charge is -2.19. The number of anilines is 1. The van der Waals surface area contributed by atoms with Crippen molar-refractivity contribution in [1.29, 1.82) is 0 Å². The zero-order valence-electron chi connectivity index (χ0n) is 9.54. The molecule has 0 saturated carbocycles. The quantitative estimate of drug-likeness (QED) is 0.547. The van der Waals surface area contributed by atoms with Gasteiger partial charge in [-0.2, -0.15) is 0 Å². The molecule has 3 heteroatoms. The molecule has 0 fully saturated rings. The van der Waals surface area contributed by atoms with Gasteiger partial charge < -0.3 is 4.90 Å². The van der Waals surface area contributed by atoms with Crippen LogP contribution >= 0.6 is 11.6 Å².